The van der Waals surface area contributed by atoms with E-state index in [2.05, 4.69) is 14.5 Å². The van der Waals surface area contributed by atoms with Gasteiger partial charge in [0.05, 0.1) is 10.2 Å². The van der Waals surface area contributed by atoms with Crippen molar-refractivity contribution < 1.29 is 33.5 Å². The smallest absolute Gasteiger partial charge is 0.472 e. The van der Waals surface area contributed by atoms with Gasteiger partial charge in [0, 0.05) is 5.75 Å². The first-order chi connectivity index (χ1) is 11.3. The van der Waals surface area contributed by atoms with Crippen LogP contribution in [-0.2, 0) is 13.9 Å². The summed E-state index contributed by atoms with van der Waals surface area (Å²) in [6.07, 6.45) is 0. The van der Waals surface area contributed by atoms with E-state index in [1.807, 2.05) is 0 Å². The predicted molar refractivity (Wildman–Crippen MR) is 88.7 cm³/mol. The number of hydrogen-bond acceptors (Lipinski definition) is 8. The van der Waals surface area contributed by atoms with E-state index < -0.39 is 26.6 Å². The van der Waals surface area contributed by atoms with Gasteiger partial charge >= 0.3 is 13.8 Å². The molecular weight excluding hydrogens is 379 g/mol. The average Bonchev–Trinajstić information content (AvgIpc) is 3.12. The highest BCUT2D eigenvalue weighted by atomic mass is 32.2. The van der Waals surface area contributed by atoms with Gasteiger partial charge in [0.25, 0.3) is 0 Å². The Morgan fingerprint density at radius 1 is 1.42 bits per heavy atom. The summed E-state index contributed by atoms with van der Waals surface area (Å²) in [6, 6.07) is 4.20. The minimum atomic E-state index is -4.58. The standard InChI is InChI=1S/C12H11N2O7PS2/c15-12(16)8-4-23-10(14-8)11-13-7-2-1-6(3-9(7)24-11)20-5-21-22(17,18)19/h1-3,8H,4-5H2,(H,15,16)(H2,17,18,19). The number of fused-ring (bicyclic) bond motifs is 1. The fourth-order valence-electron chi connectivity index (χ4n) is 1.87. The van der Waals surface area contributed by atoms with Crippen LogP contribution in [-0.4, -0.2) is 49.5 Å². The van der Waals surface area contributed by atoms with Gasteiger partial charge in [-0.2, -0.15) is 0 Å². The van der Waals surface area contributed by atoms with Gasteiger partial charge in [0.2, 0.25) is 0 Å². The van der Waals surface area contributed by atoms with Gasteiger partial charge in [-0.3, -0.25) is 4.99 Å². The van der Waals surface area contributed by atoms with E-state index in [1.54, 1.807) is 18.2 Å². The minimum absolute atomic E-state index is 0.371. The van der Waals surface area contributed by atoms with Crippen molar-refractivity contribution in [2.45, 2.75) is 6.04 Å². The summed E-state index contributed by atoms with van der Waals surface area (Å²) in [5.74, 6) is -0.204. The fourth-order valence-corrected chi connectivity index (χ4v) is 4.15. The number of hydrogen-bond donors (Lipinski definition) is 3. The van der Waals surface area contributed by atoms with Crippen LogP contribution in [0.5, 0.6) is 5.75 Å². The molecular formula is C12H11N2O7PS2. The Morgan fingerprint density at radius 2 is 2.21 bits per heavy atom. The summed E-state index contributed by atoms with van der Waals surface area (Å²) in [6.45, 7) is -0.579. The number of aliphatic imine (C=N–C) groups is 1. The molecule has 2 heterocycles. The molecule has 0 radical (unpaired) electrons. The van der Waals surface area contributed by atoms with Crippen LogP contribution < -0.4 is 4.74 Å². The quantitative estimate of drug-likeness (QED) is 0.497. The highest BCUT2D eigenvalue weighted by molar-refractivity contribution is 8.15. The lowest BCUT2D eigenvalue weighted by molar-refractivity contribution is -0.137. The molecule has 9 nitrogen and oxygen atoms in total. The Labute approximate surface area is 143 Å². The molecule has 0 fully saturated rings. The summed E-state index contributed by atoms with van der Waals surface area (Å²) < 4.78 is 20.7. The lowest BCUT2D eigenvalue weighted by Gasteiger charge is -2.07. The third kappa shape index (κ3) is 4.12. The molecule has 0 bridgehead atoms. The van der Waals surface area contributed by atoms with Crippen LogP contribution >= 0.6 is 30.9 Å². The van der Waals surface area contributed by atoms with Crippen LogP contribution in [0.4, 0.5) is 0 Å². The van der Waals surface area contributed by atoms with Crippen molar-refractivity contribution in [1.82, 2.24) is 4.98 Å². The van der Waals surface area contributed by atoms with Gasteiger partial charge in [-0.25, -0.2) is 18.9 Å². The first-order valence-corrected chi connectivity index (χ1v) is 9.82. The molecule has 12 heteroatoms. The Morgan fingerprint density at radius 3 is 2.88 bits per heavy atom. The molecule has 0 aliphatic carbocycles. The second kappa shape index (κ2) is 6.79. The maximum Gasteiger partial charge on any atom is 0.472 e. The van der Waals surface area contributed by atoms with E-state index in [0.717, 1.165) is 4.70 Å². The zero-order valence-corrected chi connectivity index (χ0v) is 14.4. The Kier molecular flexibility index (Phi) is 4.90. The lowest BCUT2D eigenvalue weighted by atomic mass is 10.3. The molecule has 3 N–H and O–H groups in total. The van der Waals surface area contributed by atoms with Crippen molar-refractivity contribution >= 4 is 52.2 Å². The molecule has 24 heavy (non-hydrogen) atoms. The van der Waals surface area contributed by atoms with Gasteiger partial charge in [0.1, 0.15) is 15.8 Å². The molecule has 0 amide bonds. The van der Waals surface area contributed by atoms with Crippen LogP contribution in [0.3, 0.4) is 0 Å². The number of thioether (sulfide) groups is 1. The number of thiazole rings is 1. The summed E-state index contributed by atoms with van der Waals surface area (Å²) in [5, 5.41) is 10.2. The summed E-state index contributed by atoms with van der Waals surface area (Å²) in [5.41, 5.74) is 0.695. The maximum atomic E-state index is 10.9. The van der Waals surface area contributed by atoms with Gasteiger partial charge in [0.15, 0.2) is 12.8 Å². The number of ether oxygens (including phenoxy) is 1. The average molecular weight is 390 g/mol. The highest BCUT2D eigenvalue weighted by Crippen LogP contribution is 2.36. The second-order valence-corrected chi connectivity index (χ2v) is 7.91. The van der Waals surface area contributed by atoms with Gasteiger partial charge < -0.3 is 19.6 Å². The van der Waals surface area contributed by atoms with Crippen molar-refractivity contribution in [3.8, 4) is 5.75 Å². The largest absolute Gasteiger partial charge is 0.480 e. The summed E-state index contributed by atoms with van der Waals surface area (Å²) in [7, 11) is -4.58. The number of carbonyl (C=O) groups is 1. The molecule has 0 spiro atoms. The number of rotatable bonds is 6. The Hall–Kier alpha value is -1.49. The molecule has 1 unspecified atom stereocenters. The number of nitrogens with zero attached hydrogens (tertiary/aromatic N) is 2. The molecule has 1 atom stereocenters. The van der Waals surface area contributed by atoms with Crippen LogP contribution in [0.2, 0.25) is 0 Å². The lowest BCUT2D eigenvalue weighted by Crippen LogP contribution is -2.17. The fraction of sp³-hybridized carbons (Fsp3) is 0.250. The number of phosphoric acid groups is 1. The number of benzene rings is 1. The van der Waals surface area contributed by atoms with E-state index in [1.165, 1.54) is 23.1 Å². The second-order valence-electron chi connectivity index (χ2n) is 4.63. The van der Waals surface area contributed by atoms with Crippen molar-refractivity contribution in [1.29, 1.82) is 0 Å². The molecule has 1 aliphatic heterocycles. The molecule has 1 aromatic carbocycles. The minimum Gasteiger partial charge on any atom is -0.480 e. The molecule has 0 saturated carbocycles. The highest BCUT2D eigenvalue weighted by Gasteiger charge is 2.26. The number of aliphatic carboxylic acids is 1. The van der Waals surface area contributed by atoms with E-state index in [-0.39, 0.29) is 0 Å². The molecule has 3 rings (SSSR count). The van der Waals surface area contributed by atoms with Crippen molar-refractivity contribution in [2.24, 2.45) is 4.99 Å². The normalized spacial score (nSPS) is 17.9. The van der Waals surface area contributed by atoms with Crippen LogP contribution in [0.25, 0.3) is 10.2 Å². The zero-order chi connectivity index (χ0) is 17.3. The van der Waals surface area contributed by atoms with Gasteiger partial charge in [-0.1, -0.05) is 0 Å². The van der Waals surface area contributed by atoms with Crippen LogP contribution in [0.1, 0.15) is 5.01 Å². The predicted octanol–water partition coefficient (Wildman–Crippen LogP) is 1.69. The van der Waals surface area contributed by atoms with E-state index in [0.29, 0.717) is 27.1 Å². The monoisotopic (exact) mass is 390 g/mol. The first-order valence-electron chi connectivity index (χ1n) is 6.49. The zero-order valence-electron chi connectivity index (χ0n) is 11.9. The number of aromatic nitrogens is 1. The SMILES string of the molecule is O=C(O)C1CSC(c2nc3ccc(OCOP(=O)(O)O)cc3s2)=N1. The number of carboxylic acid groups (broad SMARTS) is 1. The molecule has 1 aromatic heterocycles. The maximum absolute atomic E-state index is 10.9. The van der Waals surface area contributed by atoms with Crippen molar-refractivity contribution in [3.05, 3.63) is 23.2 Å². The molecule has 1 aliphatic rings. The van der Waals surface area contributed by atoms with E-state index in [9.17, 15) is 9.36 Å². The van der Waals surface area contributed by atoms with E-state index >= 15 is 0 Å². The Bertz CT molecular complexity index is 862. The first kappa shape index (κ1) is 17.3. The van der Waals surface area contributed by atoms with Crippen molar-refractivity contribution in [3.63, 3.8) is 0 Å². The third-order valence-electron chi connectivity index (χ3n) is 2.93. The van der Waals surface area contributed by atoms with E-state index in [4.69, 9.17) is 19.6 Å². The summed E-state index contributed by atoms with van der Waals surface area (Å²) >= 11 is 2.68. The Balaban J connectivity index is 1.76. The number of phosphoric ester groups is 1. The third-order valence-corrected chi connectivity index (χ3v) is 5.58. The van der Waals surface area contributed by atoms with Gasteiger partial charge in [-0.15, -0.1) is 23.1 Å². The van der Waals surface area contributed by atoms with Gasteiger partial charge in [-0.05, 0) is 18.2 Å². The van der Waals surface area contributed by atoms with Crippen LogP contribution in [0.15, 0.2) is 23.2 Å². The van der Waals surface area contributed by atoms with Crippen LogP contribution in [0, 0.1) is 0 Å². The molecule has 0 saturated heterocycles. The topological polar surface area (TPSA) is 139 Å². The number of carboxylic acids is 1. The van der Waals surface area contributed by atoms with Crippen molar-refractivity contribution in [2.75, 3.05) is 12.5 Å². The molecule has 128 valence electrons. The molecule has 2 aromatic rings. The summed E-state index contributed by atoms with van der Waals surface area (Å²) in [4.78, 5) is 36.7.